The molecule has 2 rings (SSSR count). The Morgan fingerprint density at radius 1 is 1.36 bits per heavy atom. The average molecular weight is 458 g/mol. The summed E-state index contributed by atoms with van der Waals surface area (Å²) in [5, 5.41) is 23.5. The number of carbonyl (C=O) groups excluding carboxylic acids is 1. The molecule has 9 heteroatoms. The Kier molecular flexibility index (Phi) is 5.90. The molecular weight excluding hydrogens is 444 g/mol. The second-order valence-corrected chi connectivity index (χ2v) is 6.56. The van der Waals surface area contributed by atoms with E-state index in [2.05, 4.69) is 5.32 Å². The Labute approximate surface area is 156 Å². The summed E-state index contributed by atoms with van der Waals surface area (Å²) in [4.78, 5) is 22.5. The van der Waals surface area contributed by atoms with Gasteiger partial charge in [0.15, 0.2) is 5.60 Å². The Hall–Kier alpha value is -2.27. The van der Waals surface area contributed by atoms with E-state index in [1.54, 1.807) is 22.6 Å². The summed E-state index contributed by atoms with van der Waals surface area (Å²) in [7, 11) is 0. The van der Waals surface area contributed by atoms with E-state index < -0.39 is 22.2 Å². The largest absolute Gasteiger partial charge is 0.490 e. The smallest absolute Gasteiger partial charge is 0.282 e. The van der Waals surface area contributed by atoms with Crippen LogP contribution in [0.1, 0.15) is 6.92 Å². The first-order chi connectivity index (χ1) is 11.7. The van der Waals surface area contributed by atoms with E-state index in [1.807, 2.05) is 0 Å². The fourth-order valence-electron chi connectivity index (χ4n) is 1.82. The number of nitro benzene ring substituents is 1. The predicted octanol–water partition coefficient (Wildman–Crippen LogP) is 3.11. The number of hydrogen-bond acceptors (Lipinski definition) is 5. The minimum atomic E-state index is -1.86. The maximum absolute atomic E-state index is 12.8. The zero-order valence-electron chi connectivity index (χ0n) is 13.0. The normalized spacial score (nSPS) is 13.0. The third-order valence-electron chi connectivity index (χ3n) is 3.22. The van der Waals surface area contributed by atoms with Crippen molar-refractivity contribution in [3.8, 4) is 5.75 Å². The van der Waals surface area contributed by atoms with Crippen LogP contribution in [0.3, 0.4) is 0 Å². The molecule has 7 nitrogen and oxygen atoms in total. The van der Waals surface area contributed by atoms with Crippen molar-refractivity contribution in [2.75, 3.05) is 11.9 Å². The van der Waals surface area contributed by atoms with E-state index in [-0.39, 0.29) is 12.3 Å². The Morgan fingerprint density at radius 2 is 2.00 bits per heavy atom. The summed E-state index contributed by atoms with van der Waals surface area (Å²) < 4.78 is 18.5. The predicted molar refractivity (Wildman–Crippen MR) is 97.0 cm³/mol. The standard InChI is InChI=1S/C16H14FIN2O5/c1-16(22,9-25-12-5-2-10(17)3-6-12)15(21)19-11-4-7-14(20(23)24)13(18)8-11/h2-8,22H,9H2,1H3,(H,19,21)/t16-/m0/s1/i18-2. The SMILES string of the molecule is C[C@](O)(COc1ccc(F)cc1)C(=O)Nc1ccc([N+](=O)[O-])c([125I])c1. The van der Waals surface area contributed by atoms with Gasteiger partial charge in [-0.15, -0.1) is 0 Å². The molecule has 0 bridgehead atoms. The van der Waals surface area contributed by atoms with Gasteiger partial charge in [-0.1, -0.05) is 0 Å². The van der Waals surface area contributed by atoms with Crippen LogP contribution in [0.2, 0.25) is 0 Å². The minimum absolute atomic E-state index is 0.0787. The molecular formula is C16H14FIN2O5. The van der Waals surface area contributed by atoms with E-state index in [4.69, 9.17) is 4.74 Å². The van der Waals surface area contributed by atoms with Crippen LogP contribution in [-0.2, 0) is 4.79 Å². The molecule has 2 aromatic rings. The van der Waals surface area contributed by atoms with E-state index >= 15 is 0 Å². The van der Waals surface area contributed by atoms with Crippen molar-refractivity contribution in [1.82, 2.24) is 0 Å². The van der Waals surface area contributed by atoms with Crippen LogP contribution in [0, 0.1) is 19.5 Å². The molecule has 25 heavy (non-hydrogen) atoms. The first-order valence-corrected chi connectivity index (χ1v) is 8.13. The highest BCUT2D eigenvalue weighted by Crippen LogP contribution is 2.25. The molecule has 0 spiro atoms. The van der Waals surface area contributed by atoms with Crippen molar-refractivity contribution in [2.24, 2.45) is 0 Å². The fraction of sp³-hybridized carbons (Fsp3) is 0.188. The van der Waals surface area contributed by atoms with Crippen molar-refractivity contribution in [3.63, 3.8) is 0 Å². The third kappa shape index (κ3) is 5.10. The molecule has 1 amide bonds. The van der Waals surface area contributed by atoms with E-state index in [0.29, 0.717) is 15.0 Å². The van der Waals surface area contributed by atoms with Crippen molar-refractivity contribution in [2.45, 2.75) is 12.5 Å². The lowest BCUT2D eigenvalue weighted by Gasteiger charge is -2.22. The number of rotatable bonds is 6. The van der Waals surface area contributed by atoms with Crippen LogP contribution in [0.5, 0.6) is 5.75 Å². The number of nitrogens with zero attached hydrogens (tertiary/aromatic N) is 1. The quantitative estimate of drug-likeness (QED) is 0.394. The van der Waals surface area contributed by atoms with Gasteiger partial charge in [0.2, 0.25) is 0 Å². The van der Waals surface area contributed by atoms with E-state index in [9.17, 15) is 24.4 Å². The summed E-state index contributed by atoms with van der Waals surface area (Å²) in [5.41, 5.74) is -1.63. The van der Waals surface area contributed by atoms with Crippen LogP contribution in [-0.4, -0.2) is 28.1 Å². The number of nitrogens with one attached hydrogen (secondary N) is 1. The minimum Gasteiger partial charge on any atom is -0.490 e. The van der Waals surface area contributed by atoms with Gasteiger partial charge in [-0.3, -0.25) is 14.9 Å². The van der Waals surface area contributed by atoms with Crippen LogP contribution < -0.4 is 10.1 Å². The highest BCUT2D eigenvalue weighted by atomic mass is 125. The number of halogens is 2. The van der Waals surface area contributed by atoms with Gasteiger partial charge < -0.3 is 15.2 Å². The molecule has 0 aromatic heterocycles. The molecule has 0 unspecified atom stereocenters. The monoisotopic (exact) mass is 458 g/mol. The van der Waals surface area contributed by atoms with Crippen LogP contribution in [0.4, 0.5) is 15.8 Å². The number of ether oxygens (including phenoxy) is 1. The fourth-order valence-corrected chi connectivity index (χ4v) is 2.53. The van der Waals surface area contributed by atoms with Crippen LogP contribution in [0.15, 0.2) is 42.5 Å². The second kappa shape index (κ2) is 7.74. The van der Waals surface area contributed by atoms with E-state index in [0.717, 1.165) is 0 Å². The lowest BCUT2D eigenvalue weighted by Crippen LogP contribution is -2.45. The number of carbonyl (C=O) groups is 1. The Morgan fingerprint density at radius 3 is 2.56 bits per heavy atom. The highest BCUT2D eigenvalue weighted by molar-refractivity contribution is 14.1. The molecule has 2 N–H and O–H groups in total. The zero-order chi connectivity index (χ0) is 18.6. The molecule has 0 saturated heterocycles. The lowest BCUT2D eigenvalue weighted by molar-refractivity contribution is -0.385. The van der Waals surface area contributed by atoms with Crippen molar-refractivity contribution in [1.29, 1.82) is 0 Å². The van der Waals surface area contributed by atoms with Crippen molar-refractivity contribution < 1.29 is 24.0 Å². The van der Waals surface area contributed by atoms with Gasteiger partial charge >= 0.3 is 0 Å². The third-order valence-corrected chi connectivity index (χ3v) is 4.09. The topological polar surface area (TPSA) is 102 Å². The van der Waals surface area contributed by atoms with Gasteiger partial charge in [0.05, 0.1) is 8.49 Å². The second-order valence-electron chi connectivity index (χ2n) is 5.39. The molecule has 132 valence electrons. The van der Waals surface area contributed by atoms with Gasteiger partial charge in [0.25, 0.3) is 11.6 Å². The van der Waals surface area contributed by atoms with Gasteiger partial charge in [-0.25, -0.2) is 4.39 Å². The van der Waals surface area contributed by atoms with Crippen molar-refractivity contribution >= 4 is 39.9 Å². The number of benzene rings is 2. The lowest BCUT2D eigenvalue weighted by atomic mass is 10.1. The molecule has 0 aliphatic rings. The number of aliphatic hydroxyl groups is 1. The molecule has 0 aliphatic heterocycles. The van der Waals surface area contributed by atoms with Crippen LogP contribution >= 0.6 is 22.6 Å². The first kappa shape index (κ1) is 19.1. The Balaban J connectivity index is 2.01. The zero-order valence-corrected chi connectivity index (χ0v) is 15.2. The van der Waals surface area contributed by atoms with E-state index in [1.165, 1.54) is 49.4 Å². The number of amides is 1. The molecule has 0 saturated carbocycles. The molecule has 0 heterocycles. The molecule has 0 radical (unpaired) electrons. The summed E-state index contributed by atoms with van der Waals surface area (Å²) in [6.07, 6.45) is 0. The Bertz CT molecular complexity index is 796. The summed E-state index contributed by atoms with van der Waals surface area (Å²) in [5.74, 6) is -0.858. The van der Waals surface area contributed by atoms with Crippen LogP contribution in [0.25, 0.3) is 0 Å². The number of anilines is 1. The maximum Gasteiger partial charge on any atom is 0.282 e. The number of nitro groups is 1. The molecule has 2 aromatic carbocycles. The molecule has 0 fully saturated rings. The van der Waals surface area contributed by atoms with Gasteiger partial charge in [-0.05, 0) is 65.9 Å². The summed E-state index contributed by atoms with van der Waals surface area (Å²) in [6.45, 7) is 0.913. The van der Waals surface area contributed by atoms with Gasteiger partial charge in [0.1, 0.15) is 18.2 Å². The average Bonchev–Trinajstić information content (AvgIpc) is 2.54. The first-order valence-electron chi connectivity index (χ1n) is 7.05. The molecule has 0 aliphatic carbocycles. The summed E-state index contributed by atoms with van der Waals surface area (Å²) in [6, 6.07) is 9.21. The molecule has 1 atom stereocenters. The highest BCUT2D eigenvalue weighted by Gasteiger charge is 2.31. The summed E-state index contributed by atoms with van der Waals surface area (Å²) >= 11 is 1.79. The maximum atomic E-state index is 12.8. The number of hydrogen-bond donors (Lipinski definition) is 2. The van der Waals surface area contributed by atoms with Gasteiger partial charge in [-0.2, -0.15) is 0 Å². The van der Waals surface area contributed by atoms with Gasteiger partial charge in [0, 0.05) is 11.8 Å². The van der Waals surface area contributed by atoms with Crippen molar-refractivity contribution in [3.05, 3.63) is 62.0 Å².